The van der Waals surface area contributed by atoms with Crippen molar-refractivity contribution >= 4 is 5.96 Å². The number of nitrogens with zero attached hydrogens (tertiary/aromatic N) is 3. The number of aliphatic imine (C=N–C) groups is 1. The first-order valence-corrected chi connectivity index (χ1v) is 8.78. The predicted octanol–water partition coefficient (Wildman–Crippen LogP) is 2.26. The first-order valence-electron chi connectivity index (χ1n) is 8.78. The van der Waals surface area contributed by atoms with Gasteiger partial charge in [-0.1, -0.05) is 13.3 Å². The van der Waals surface area contributed by atoms with Crippen LogP contribution in [0.2, 0.25) is 0 Å². The third kappa shape index (κ3) is 8.59. The minimum Gasteiger partial charge on any atom is -0.380 e. The van der Waals surface area contributed by atoms with Crippen LogP contribution in [-0.2, 0) is 11.3 Å². The number of nitrogens with one attached hydrogen (secondary N) is 2. The van der Waals surface area contributed by atoms with Gasteiger partial charge in [0.1, 0.15) is 0 Å². The summed E-state index contributed by atoms with van der Waals surface area (Å²) in [7, 11) is 0. The van der Waals surface area contributed by atoms with Crippen LogP contribution in [0, 0.1) is 13.8 Å². The van der Waals surface area contributed by atoms with E-state index < -0.39 is 0 Å². The van der Waals surface area contributed by atoms with E-state index in [0.717, 1.165) is 63.9 Å². The minimum atomic E-state index is 0.718. The zero-order chi connectivity index (χ0) is 16.9. The highest BCUT2D eigenvalue weighted by Crippen LogP contribution is 2.02. The summed E-state index contributed by atoms with van der Waals surface area (Å²) >= 11 is 0. The fraction of sp³-hybridized carbons (Fsp3) is 0.765. The number of aromatic nitrogens is 2. The van der Waals surface area contributed by atoms with E-state index in [1.807, 2.05) is 11.6 Å². The lowest BCUT2D eigenvalue weighted by molar-refractivity contribution is 0.136. The van der Waals surface area contributed by atoms with Crippen molar-refractivity contribution in [2.45, 2.75) is 53.5 Å². The average molecular weight is 323 g/mol. The average Bonchev–Trinajstić information content (AvgIpc) is 2.84. The Kier molecular flexibility index (Phi) is 10.1. The van der Waals surface area contributed by atoms with Gasteiger partial charge >= 0.3 is 0 Å². The standard InChI is InChI=1S/C17H33N5O/c1-5-7-12-23-13-10-20-17(18-6-2)19-9-8-11-22-16(4)14-15(3)21-22/h14H,5-13H2,1-4H3,(H2,18,19,20). The van der Waals surface area contributed by atoms with Crippen LogP contribution in [0.5, 0.6) is 0 Å². The molecule has 0 unspecified atom stereocenters. The molecule has 0 amide bonds. The van der Waals surface area contributed by atoms with Gasteiger partial charge in [0, 0.05) is 38.5 Å². The Hall–Kier alpha value is -1.56. The Morgan fingerprint density at radius 2 is 2.04 bits per heavy atom. The highest BCUT2D eigenvalue weighted by atomic mass is 16.5. The third-order valence-corrected chi connectivity index (χ3v) is 3.43. The van der Waals surface area contributed by atoms with E-state index in [4.69, 9.17) is 4.74 Å². The van der Waals surface area contributed by atoms with Gasteiger partial charge < -0.3 is 15.4 Å². The lowest BCUT2D eigenvalue weighted by atomic mass is 10.4. The fourth-order valence-electron chi connectivity index (χ4n) is 2.24. The molecule has 2 N–H and O–H groups in total. The van der Waals surface area contributed by atoms with E-state index in [0.29, 0.717) is 0 Å². The quantitative estimate of drug-likeness (QED) is 0.372. The van der Waals surface area contributed by atoms with Crippen LogP contribution in [0.25, 0.3) is 0 Å². The molecule has 1 aromatic heterocycles. The van der Waals surface area contributed by atoms with Crippen LogP contribution in [0.15, 0.2) is 11.1 Å². The molecule has 0 aliphatic heterocycles. The van der Waals surface area contributed by atoms with Gasteiger partial charge in [-0.25, -0.2) is 0 Å². The molecule has 0 saturated heterocycles. The molecule has 0 fully saturated rings. The second-order valence-electron chi connectivity index (χ2n) is 5.66. The van der Waals surface area contributed by atoms with Gasteiger partial charge in [0.25, 0.3) is 0 Å². The number of rotatable bonds is 11. The molecular formula is C17H33N5O. The van der Waals surface area contributed by atoms with Crippen LogP contribution in [0.1, 0.15) is 44.5 Å². The van der Waals surface area contributed by atoms with Crippen molar-refractivity contribution < 1.29 is 4.74 Å². The molecule has 132 valence electrons. The first kappa shape index (κ1) is 19.5. The molecule has 6 heteroatoms. The Balaban J connectivity index is 2.24. The Morgan fingerprint density at radius 3 is 2.70 bits per heavy atom. The van der Waals surface area contributed by atoms with E-state index in [2.05, 4.69) is 47.6 Å². The van der Waals surface area contributed by atoms with Crippen LogP contribution in [-0.4, -0.2) is 48.6 Å². The lowest BCUT2D eigenvalue weighted by Crippen LogP contribution is -2.39. The molecule has 1 rings (SSSR count). The summed E-state index contributed by atoms with van der Waals surface area (Å²) in [5, 5.41) is 11.0. The molecule has 0 aromatic carbocycles. The normalized spacial score (nSPS) is 11.7. The molecule has 1 aromatic rings. The summed E-state index contributed by atoms with van der Waals surface area (Å²) in [6.45, 7) is 13.3. The molecule has 6 nitrogen and oxygen atoms in total. The largest absolute Gasteiger partial charge is 0.380 e. The molecule has 0 aliphatic carbocycles. The SMILES string of the molecule is CCCCOCCNC(=NCCCn1nc(C)cc1C)NCC. The van der Waals surface area contributed by atoms with Gasteiger partial charge in [0.15, 0.2) is 5.96 Å². The molecular weight excluding hydrogens is 290 g/mol. The fourth-order valence-corrected chi connectivity index (χ4v) is 2.24. The molecule has 0 bridgehead atoms. The zero-order valence-electron chi connectivity index (χ0n) is 15.2. The minimum absolute atomic E-state index is 0.718. The van der Waals surface area contributed by atoms with E-state index in [1.54, 1.807) is 0 Å². The summed E-state index contributed by atoms with van der Waals surface area (Å²) in [6.07, 6.45) is 3.28. The maximum Gasteiger partial charge on any atom is 0.191 e. The molecule has 23 heavy (non-hydrogen) atoms. The van der Waals surface area contributed by atoms with Crippen molar-refractivity contribution in [3.8, 4) is 0 Å². The first-order chi connectivity index (χ1) is 11.2. The van der Waals surface area contributed by atoms with Crippen molar-refractivity contribution in [1.82, 2.24) is 20.4 Å². The Morgan fingerprint density at radius 1 is 1.22 bits per heavy atom. The smallest absolute Gasteiger partial charge is 0.191 e. The van der Waals surface area contributed by atoms with Gasteiger partial charge in [-0.2, -0.15) is 5.10 Å². The van der Waals surface area contributed by atoms with Crippen molar-refractivity contribution in [2.24, 2.45) is 4.99 Å². The predicted molar refractivity (Wildman–Crippen MR) is 96.0 cm³/mol. The number of aryl methyl sites for hydroxylation is 3. The zero-order valence-corrected chi connectivity index (χ0v) is 15.2. The monoisotopic (exact) mass is 323 g/mol. The summed E-state index contributed by atoms with van der Waals surface area (Å²) in [5.74, 6) is 0.861. The summed E-state index contributed by atoms with van der Waals surface area (Å²) in [6, 6.07) is 2.10. The molecule has 0 atom stereocenters. The Bertz CT molecular complexity index is 456. The summed E-state index contributed by atoms with van der Waals surface area (Å²) in [5.41, 5.74) is 2.28. The molecule has 0 spiro atoms. The maximum absolute atomic E-state index is 5.54. The van der Waals surface area contributed by atoms with Crippen molar-refractivity contribution in [1.29, 1.82) is 0 Å². The highest BCUT2D eigenvalue weighted by Gasteiger charge is 2.00. The second-order valence-corrected chi connectivity index (χ2v) is 5.66. The highest BCUT2D eigenvalue weighted by molar-refractivity contribution is 5.79. The second kappa shape index (κ2) is 11.9. The van der Waals surface area contributed by atoms with Crippen molar-refractivity contribution in [3.05, 3.63) is 17.5 Å². The van der Waals surface area contributed by atoms with Crippen molar-refractivity contribution in [3.63, 3.8) is 0 Å². The van der Waals surface area contributed by atoms with Crippen LogP contribution in [0.4, 0.5) is 0 Å². The van der Waals surface area contributed by atoms with E-state index in [1.165, 1.54) is 12.1 Å². The number of hydrogen-bond donors (Lipinski definition) is 2. The van der Waals surface area contributed by atoms with Gasteiger partial charge in [0.05, 0.1) is 12.3 Å². The van der Waals surface area contributed by atoms with Crippen LogP contribution >= 0.6 is 0 Å². The van der Waals surface area contributed by atoms with Gasteiger partial charge in [-0.15, -0.1) is 0 Å². The molecule has 0 aliphatic rings. The summed E-state index contributed by atoms with van der Waals surface area (Å²) in [4.78, 5) is 4.60. The lowest BCUT2D eigenvalue weighted by Gasteiger charge is -2.11. The van der Waals surface area contributed by atoms with Gasteiger partial charge in [0.2, 0.25) is 0 Å². The summed E-state index contributed by atoms with van der Waals surface area (Å²) < 4.78 is 7.59. The molecule has 0 radical (unpaired) electrons. The number of hydrogen-bond acceptors (Lipinski definition) is 3. The van der Waals surface area contributed by atoms with Crippen molar-refractivity contribution in [2.75, 3.05) is 32.8 Å². The topological polar surface area (TPSA) is 63.5 Å². The molecule has 1 heterocycles. The number of unbranched alkanes of at least 4 members (excludes halogenated alkanes) is 1. The molecule has 0 saturated carbocycles. The van der Waals surface area contributed by atoms with Gasteiger partial charge in [-0.3, -0.25) is 9.67 Å². The maximum atomic E-state index is 5.54. The van der Waals surface area contributed by atoms with E-state index in [9.17, 15) is 0 Å². The Labute approximate surface area is 140 Å². The van der Waals surface area contributed by atoms with Gasteiger partial charge in [-0.05, 0) is 39.7 Å². The van der Waals surface area contributed by atoms with E-state index in [-0.39, 0.29) is 0 Å². The number of guanidine groups is 1. The van der Waals surface area contributed by atoms with Crippen LogP contribution in [0.3, 0.4) is 0 Å². The third-order valence-electron chi connectivity index (χ3n) is 3.43. The van der Waals surface area contributed by atoms with Crippen LogP contribution < -0.4 is 10.6 Å². The number of ether oxygens (including phenoxy) is 1. The van der Waals surface area contributed by atoms with E-state index >= 15 is 0 Å².